The average Bonchev–Trinajstić information content (AvgIpc) is 2.20. The minimum atomic E-state index is -0.832. The van der Waals surface area contributed by atoms with Gasteiger partial charge in [0.05, 0.1) is 0 Å². The van der Waals surface area contributed by atoms with Gasteiger partial charge >= 0.3 is 5.97 Å². The topological polar surface area (TPSA) is 37.3 Å². The first-order valence-corrected chi connectivity index (χ1v) is 5.30. The van der Waals surface area contributed by atoms with Crippen molar-refractivity contribution in [1.82, 2.24) is 0 Å². The maximum absolute atomic E-state index is 10.7. The van der Waals surface area contributed by atoms with Gasteiger partial charge in [-0.15, -0.1) is 30.7 Å². The molecule has 1 rings (SSSR count). The fourth-order valence-electron chi connectivity index (χ4n) is 1.00. The molecule has 0 heterocycles. The summed E-state index contributed by atoms with van der Waals surface area (Å²) >= 11 is 1.37. The number of aliphatic carboxylic acids is 1. The van der Waals surface area contributed by atoms with E-state index in [0.29, 0.717) is 5.75 Å². The number of benzene rings is 1. The van der Waals surface area contributed by atoms with Crippen LogP contribution in [-0.2, 0) is 10.5 Å². The van der Waals surface area contributed by atoms with Crippen LogP contribution >= 0.6 is 24.2 Å². The summed E-state index contributed by atoms with van der Waals surface area (Å²) in [5, 5.41) is 8.24. The molecule has 0 fully saturated rings. The molecule has 1 atom stereocenters. The highest BCUT2D eigenvalue weighted by Crippen LogP contribution is 2.18. The lowest BCUT2D eigenvalue weighted by molar-refractivity contribution is -0.135. The Morgan fingerprint density at radius 2 is 2.07 bits per heavy atom. The third-order valence-corrected chi connectivity index (χ3v) is 2.98. The van der Waals surface area contributed by atoms with Gasteiger partial charge < -0.3 is 5.11 Å². The second kappa shape index (κ2) is 7.37. The normalized spacial score (nSPS) is 11.2. The van der Waals surface area contributed by atoms with Crippen LogP contribution in [0.4, 0.5) is 0 Å². The van der Waals surface area contributed by atoms with E-state index in [9.17, 15) is 4.79 Å². The molecule has 1 unspecified atom stereocenters. The third-order valence-electron chi connectivity index (χ3n) is 1.73. The lowest BCUT2D eigenvalue weighted by atomic mass is 10.2. The maximum Gasteiger partial charge on any atom is 0.320 e. The molecule has 1 aromatic rings. The summed E-state index contributed by atoms with van der Waals surface area (Å²) in [7, 11) is 0. The second-order valence-electron chi connectivity index (χ2n) is 2.79. The zero-order chi connectivity index (χ0) is 10.4. The Balaban J connectivity index is 0.00000196. The molecule has 0 spiro atoms. The molecule has 2 nitrogen and oxygen atoms in total. The zero-order valence-corrected chi connectivity index (χ0v) is 9.76. The Bertz CT molecular complexity index is 314. The summed E-state index contributed by atoms with van der Waals surface area (Å²) in [5.74, 6) is -0.134. The quantitative estimate of drug-likeness (QED) is 0.810. The van der Waals surface area contributed by atoms with Crippen LogP contribution in [0.3, 0.4) is 0 Å². The fraction of sp³-hybridized carbons (Fsp3) is 0.182. The molecule has 0 aromatic heterocycles. The Hall–Kier alpha value is -0.930. The Morgan fingerprint density at radius 1 is 1.47 bits per heavy atom. The highest BCUT2D eigenvalue weighted by Gasteiger charge is 2.12. The Morgan fingerprint density at radius 3 is 2.53 bits per heavy atom. The standard InChI is InChI=1S/C11H12O2S.ClH/c1-2-10(11(12)13)14-8-9-6-4-3-5-7-9;/h2-7,10H,1,8H2,(H,12,13);1H. The van der Waals surface area contributed by atoms with E-state index in [-0.39, 0.29) is 12.4 Å². The number of hydrogen-bond acceptors (Lipinski definition) is 2. The molecule has 4 heteroatoms. The minimum absolute atomic E-state index is 0. The van der Waals surface area contributed by atoms with Crippen molar-refractivity contribution in [2.24, 2.45) is 0 Å². The van der Waals surface area contributed by atoms with Gasteiger partial charge in [-0.05, 0) is 5.56 Å². The summed E-state index contributed by atoms with van der Waals surface area (Å²) in [6.07, 6.45) is 1.45. The van der Waals surface area contributed by atoms with Crippen LogP contribution in [0.2, 0.25) is 0 Å². The van der Waals surface area contributed by atoms with Crippen LogP contribution in [0.1, 0.15) is 5.56 Å². The van der Waals surface area contributed by atoms with Crippen molar-refractivity contribution in [2.45, 2.75) is 11.0 Å². The molecular formula is C11H13ClO2S. The van der Waals surface area contributed by atoms with Crippen molar-refractivity contribution in [3.8, 4) is 0 Å². The minimum Gasteiger partial charge on any atom is -0.480 e. The van der Waals surface area contributed by atoms with Gasteiger partial charge in [-0.25, -0.2) is 0 Å². The molecule has 0 aliphatic carbocycles. The van der Waals surface area contributed by atoms with E-state index in [1.54, 1.807) is 0 Å². The molecule has 0 radical (unpaired) electrons. The van der Waals surface area contributed by atoms with Gasteiger partial charge in [0.25, 0.3) is 0 Å². The number of carboxylic acid groups (broad SMARTS) is 1. The van der Waals surface area contributed by atoms with Crippen molar-refractivity contribution < 1.29 is 9.90 Å². The Kier molecular flexibility index (Phi) is 6.92. The van der Waals surface area contributed by atoms with Gasteiger partial charge in [-0.2, -0.15) is 0 Å². The first kappa shape index (κ1) is 14.1. The molecule has 1 aromatic carbocycles. The van der Waals surface area contributed by atoms with Crippen molar-refractivity contribution in [3.63, 3.8) is 0 Å². The van der Waals surface area contributed by atoms with Crippen molar-refractivity contribution in [2.75, 3.05) is 0 Å². The molecule has 15 heavy (non-hydrogen) atoms. The number of carboxylic acids is 1. The van der Waals surface area contributed by atoms with Crippen LogP contribution in [-0.4, -0.2) is 16.3 Å². The number of carbonyl (C=O) groups is 1. The molecule has 1 N–H and O–H groups in total. The number of thioether (sulfide) groups is 1. The average molecular weight is 245 g/mol. The van der Waals surface area contributed by atoms with E-state index >= 15 is 0 Å². The Labute approximate surface area is 99.8 Å². The van der Waals surface area contributed by atoms with Gasteiger partial charge in [0, 0.05) is 5.75 Å². The smallest absolute Gasteiger partial charge is 0.320 e. The fourth-order valence-corrected chi connectivity index (χ4v) is 1.84. The first-order valence-electron chi connectivity index (χ1n) is 4.25. The van der Waals surface area contributed by atoms with E-state index in [1.165, 1.54) is 17.8 Å². The molecule has 0 amide bonds. The summed E-state index contributed by atoms with van der Waals surface area (Å²) in [4.78, 5) is 10.7. The summed E-state index contributed by atoms with van der Waals surface area (Å²) in [6, 6.07) is 9.79. The predicted molar refractivity (Wildman–Crippen MR) is 66.6 cm³/mol. The molecule has 82 valence electrons. The van der Waals surface area contributed by atoms with Gasteiger partial charge in [0.15, 0.2) is 0 Å². The van der Waals surface area contributed by atoms with Gasteiger partial charge in [0.1, 0.15) is 5.25 Å². The molecule has 0 saturated carbocycles. The summed E-state index contributed by atoms with van der Waals surface area (Å²) in [5.41, 5.74) is 1.13. The lowest BCUT2D eigenvalue weighted by Gasteiger charge is -2.06. The lowest BCUT2D eigenvalue weighted by Crippen LogP contribution is -2.12. The van der Waals surface area contributed by atoms with E-state index in [1.807, 2.05) is 30.3 Å². The number of rotatable bonds is 5. The van der Waals surface area contributed by atoms with E-state index < -0.39 is 11.2 Å². The number of halogens is 1. The van der Waals surface area contributed by atoms with Crippen LogP contribution in [0, 0.1) is 0 Å². The van der Waals surface area contributed by atoms with Crippen molar-refractivity contribution in [1.29, 1.82) is 0 Å². The van der Waals surface area contributed by atoms with E-state index in [4.69, 9.17) is 5.11 Å². The molecule has 0 saturated heterocycles. The third kappa shape index (κ3) is 4.91. The maximum atomic E-state index is 10.7. The largest absolute Gasteiger partial charge is 0.480 e. The molecule has 0 aliphatic heterocycles. The van der Waals surface area contributed by atoms with Crippen LogP contribution in [0.25, 0.3) is 0 Å². The highest BCUT2D eigenvalue weighted by atomic mass is 35.5. The van der Waals surface area contributed by atoms with Crippen LogP contribution in [0.15, 0.2) is 43.0 Å². The monoisotopic (exact) mass is 244 g/mol. The van der Waals surface area contributed by atoms with Crippen LogP contribution in [0.5, 0.6) is 0 Å². The van der Waals surface area contributed by atoms with Gasteiger partial charge in [0.2, 0.25) is 0 Å². The predicted octanol–water partition coefficient (Wildman–Crippen LogP) is 2.98. The highest BCUT2D eigenvalue weighted by molar-refractivity contribution is 8.00. The molecular weight excluding hydrogens is 232 g/mol. The zero-order valence-electron chi connectivity index (χ0n) is 8.13. The molecule has 0 aliphatic rings. The van der Waals surface area contributed by atoms with Crippen molar-refractivity contribution in [3.05, 3.63) is 48.6 Å². The first-order chi connectivity index (χ1) is 6.74. The van der Waals surface area contributed by atoms with Crippen LogP contribution < -0.4 is 0 Å². The van der Waals surface area contributed by atoms with Crippen molar-refractivity contribution >= 4 is 30.1 Å². The SMILES string of the molecule is C=CC(SCc1ccccc1)C(=O)O.Cl. The van der Waals surface area contributed by atoms with E-state index in [2.05, 4.69) is 6.58 Å². The summed E-state index contributed by atoms with van der Waals surface area (Å²) in [6.45, 7) is 3.49. The summed E-state index contributed by atoms with van der Waals surface area (Å²) < 4.78 is 0. The number of hydrogen-bond donors (Lipinski definition) is 1. The van der Waals surface area contributed by atoms with E-state index in [0.717, 1.165) is 5.56 Å². The van der Waals surface area contributed by atoms with Gasteiger partial charge in [-0.1, -0.05) is 36.4 Å². The van der Waals surface area contributed by atoms with Gasteiger partial charge in [-0.3, -0.25) is 4.79 Å². The second-order valence-corrected chi connectivity index (χ2v) is 3.92. The molecule has 0 bridgehead atoms.